The predicted octanol–water partition coefficient (Wildman–Crippen LogP) is 0.0596. The van der Waals surface area contributed by atoms with E-state index in [2.05, 4.69) is 0 Å². The van der Waals surface area contributed by atoms with Crippen molar-refractivity contribution in [2.45, 2.75) is 12.8 Å². The van der Waals surface area contributed by atoms with E-state index in [0.717, 1.165) is 11.3 Å². The molecule has 2 rings (SSSR count). The fourth-order valence-electron chi connectivity index (χ4n) is 2.24. The van der Waals surface area contributed by atoms with Crippen LogP contribution < -0.4 is 10.6 Å². The number of para-hydroxylation sites is 1. The molecule has 1 aromatic rings. The van der Waals surface area contributed by atoms with Gasteiger partial charge in [-0.2, -0.15) is 0 Å². The summed E-state index contributed by atoms with van der Waals surface area (Å²) in [7, 11) is 0. The summed E-state index contributed by atoms with van der Waals surface area (Å²) in [5, 5.41) is 8.88. The van der Waals surface area contributed by atoms with Crippen molar-refractivity contribution in [2.75, 3.05) is 18.1 Å². The van der Waals surface area contributed by atoms with Crippen LogP contribution in [0.4, 0.5) is 5.69 Å². The number of aliphatic hydroxyl groups is 1. The molecule has 0 radical (unpaired) electrons. The fourth-order valence-corrected chi connectivity index (χ4v) is 2.24. The number of nitrogens with two attached hydrogens (primary N) is 1. The van der Waals surface area contributed by atoms with E-state index in [9.17, 15) is 9.59 Å². The van der Waals surface area contributed by atoms with E-state index in [1.54, 1.807) is 4.90 Å². The summed E-state index contributed by atoms with van der Waals surface area (Å²) in [4.78, 5) is 25.0. The van der Waals surface area contributed by atoms with Crippen LogP contribution in [0.2, 0.25) is 0 Å². The minimum absolute atomic E-state index is 0.00713. The first kappa shape index (κ1) is 12.6. The first-order chi connectivity index (χ1) is 8.65. The van der Waals surface area contributed by atoms with Crippen molar-refractivity contribution in [3.05, 3.63) is 29.8 Å². The summed E-state index contributed by atoms with van der Waals surface area (Å²) >= 11 is 0. The zero-order chi connectivity index (χ0) is 13.1. The lowest BCUT2D eigenvalue weighted by Crippen LogP contribution is -2.47. The van der Waals surface area contributed by atoms with E-state index in [4.69, 9.17) is 10.8 Å². The number of fused-ring (bicyclic) bond motifs is 1. The van der Waals surface area contributed by atoms with Gasteiger partial charge in [-0.15, -0.1) is 0 Å². The van der Waals surface area contributed by atoms with E-state index in [1.165, 1.54) is 0 Å². The minimum atomic E-state index is -0.793. The first-order valence-electron chi connectivity index (χ1n) is 5.94. The molecule has 1 aliphatic heterocycles. The Bertz CT molecular complexity index is 473. The summed E-state index contributed by atoms with van der Waals surface area (Å²) in [5.74, 6) is -1.66. The van der Waals surface area contributed by atoms with Crippen molar-refractivity contribution in [3.63, 3.8) is 0 Å². The van der Waals surface area contributed by atoms with Crippen molar-refractivity contribution in [1.29, 1.82) is 0 Å². The summed E-state index contributed by atoms with van der Waals surface area (Å²) in [6.07, 6.45) is 0.839. The van der Waals surface area contributed by atoms with Crippen LogP contribution in [0, 0.1) is 5.92 Å². The molecule has 1 atom stereocenters. The van der Waals surface area contributed by atoms with E-state index in [-0.39, 0.29) is 12.5 Å². The lowest BCUT2D eigenvalue weighted by Gasteiger charge is -2.32. The SMILES string of the molecule is NC(=O)C1Cc2ccccc2N(CCCO)C1=O. The molecule has 3 N–H and O–H groups in total. The molecular formula is C13H16N2O3. The second-order valence-corrected chi connectivity index (χ2v) is 4.35. The summed E-state index contributed by atoms with van der Waals surface area (Å²) in [6, 6.07) is 7.46. The Morgan fingerprint density at radius 2 is 2.17 bits per heavy atom. The van der Waals surface area contributed by atoms with Crippen molar-refractivity contribution in [2.24, 2.45) is 11.7 Å². The molecule has 5 heteroatoms. The van der Waals surface area contributed by atoms with Crippen LogP contribution in [-0.2, 0) is 16.0 Å². The van der Waals surface area contributed by atoms with Gasteiger partial charge in [0.25, 0.3) is 0 Å². The summed E-state index contributed by atoms with van der Waals surface area (Å²) < 4.78 is 0. The van der Waals surface area contributed by atoms with Gasteiger partial charge >= 0.3 is 0 Å². The standard InChI is InChI=1S/C13H16N2O3/c14-12(17)10-8-9-4-1-2-5-11(9)15(13(10)18)6-3-7-16/h1-2,4-5,10,16H,3,6-8H2,(H2,14,17). The maximum Gasteiger partial charge on any atom is 0.239 e. The van der Waals surface area contributed by atoms with Gasteiger partial charge in [0, 0.05) is 18.8 Å². The van der Waals surface area contributed by atoms with Crippen molar-refractivity contribution in [1.82, 2.24) is 0 Å². The molecule has 5 nitrogen and oxygen atoms in total. The number of anilines is 1. The second-order valence-electron chi connectivity index (χ2n) is 4.35. The second kappa shape index (κ2) is 5.18. The highest BCUT2D eigenvalue weighted by atomic mass is 16.3. The average molecular weight is 248 g/mol. The Hall–Kier alpha value is -1.88. The maximum absolute atomic E-state index is 12.2. The maximum atomic E-state index is 12.2. The molecule has 0 spiro atoms. The molecule has 0 fully saturated rings. The number of hydrogen-bond donors (Lipinski definition) is 2. The number of nitrogens with zero attached hydrogens (tertiary/aromatic N) is 1. The van der Waals surface area contributed by atoms with Crippen LogP contribution >= 0.6 is 0 Å². The zero-order valence-electron chi connectivity index (χ0n) is 10.0. The number of amides is 2. The van der Waals surface area contributed by atoms with E-state index in [1.807, 2.05) is 24.3 Å². The molecule has 0 aliphatic carbocycles. The Labute approximate surface area is 105 Å². The van der Waals surface area contributed by atoms with Crippen LogP contribution in [-0.4, -0.2) is 30.1 Å². The molecule has 1 unspecified atom stereocenters. The van der Waals surface area contributed by atoms with Crippen LogP contribution in [0.3, 0.4) is 0 Å². The number of carbonyl (C=O) groups is 2. The summed E-state index contributed by atoms with van der Waals surface area (Å²) in [6.45, 7) is 0.406. The molecule has 0 saturated carbocycles. The molecule has 18 heavy (non-hydrogen) atoms. The Kier molecular flexibility index (Phi) is 3.62. The molecule has 1 heterocycles. The van der Waals surface area contributed by atoms with Gasteiger partial charge < -0.3 is 15.7 Å². The molecule has 96 valence electrons. The molecule has 0 bridgehead atoms. The third-order valence-corrected chi connectivity index (χ3v) is 3.15. The molecule has 1 aromatic carbocycles. The third-order valence-electron chi connectivity index (χ3n) is 3.15. The van der Waals surface area contributed by atoms with Gasteiger partial charge in [0.15, 0.2) is 0 Å². The molecular weight excluding hydrogens is 232 g/mol. The number of rotatable bonds is 4. The van der Waals surface area contributed by atoms with Crippen molar-refractivity contribution >= 4 is 17.5 Å². The zero-order valence-corrected chi connectivity index (χ0v) is 10.0. The van der Waals surface area contributed by atoms with Crippen LogP contribution in [0.25, 0.3) is 0 Å². The number of aliphatic hydroxyl groups excluding tert-OH is 1. The Morgan fingerprint density at radius 3 is 2.83 bits per heavy atom. The minimum Gasteiger partial charge on any atom is -0.396 e. The largest absolute Gasteiger partial charge is 0.396 e. The molecule has 1 aliphatic rings. The smallest absolute Gasteiger partial charge is 0.239 e. The molecule has 0 aromatic heterocycles. The number of benzene rings is 1. The van der Waals surface area contributed by atoms with Gasteiger partial charge in [-0.1, -0.05) is 18.2 Å². The monoisotopic (exact) mass is 248 g/mol. The van der Waals surface area contributed by atoms with Gasteiger partial charge in [-0.3, -0.25) is 9.59 Å². The Balaban J connectivity index is 2.36. The van der Waals surface area contributed by atoms with Gasteiger partial charge in [0.05, 0.1) is 0 Å². The van der Waals surface area contributed by atoms with Crippen LogP contribution in [0.1, 0.15) is 12.0 Å². The van der Waals surface area contributed by atoms with Crippen LogP contribution in [0.5, 0.6) is 0 Å². The topological polar surface area (TPSA) is 83.6 Å². The van der Waals surface area contributed by atoms with E-state index >= 15 is 0 Å². The van der Waals surface area contributed by atoms with E-state index in [0.29, 0.717) is 19.4 Å². The van der Waals surface area contributed by atoms with Crippen molar-refractivity contribution < 1.29 is 14.7 Å². The highest BCUT2D eigenvalue weighted by Gasteiger charge is 2.35. The lowest BCUT2D eigenvalue weighted by atomic mass is 9.91. The Morgan fingerprint density at radius 1 is 1.44 bits per heavy atom. The first-order valence-corrected chi connectivity index (χ1v) is 5.94. The highest BCUT2D eigenvalue weighted by molar-refractivity contribution is 6.09. The molecule has 0 saturated heterocycles. The van der Waals surface area contributed by atoms with Crippen LogP contribution in [0.15, 0.2) is 24.3 Å². The average Bonchev–Trinajstić information content (AvgIpc) is 2.37. The van der Waals surface area contributed by atoms with Crippen molar-refractivity contribution in [3.8, 4) is 0 Å². The van der Waals surface area contributed by atoms with Gasteiger partial charge in [-0.05, 0) is 24.5 Å². The van der Waals surface area contributed by atoms with Gasteiger partial charge in [-0.25, -0.2) is 0 Å². The summed E-state index contributed by atoms with van der Waals surface area (Å²) in [5.41, 5.74) is 7.03. The quantitative estimate of drug-likeness (QED) is 0.739. The predicted molar refractivity (Wildman–Crippen MR) is 66.9 cm³/mol. The number of hydrogen-bond acceptors (Lipinski definition) is 3. The normalized spacial score (nSPS) is 18.6. The lowest BCUT2D eigenvalue weighted by molar-refractivity contribution is -0.132. The fraction of sp³-hybridized carbons (Fsp3) is 0.385. The van der Waals surface area contributed by atoms with Gasteiger partial charge in [0.2, 0.25) is 11.8 Å². The third kappa shape index (κ3) is 2.22. The highest BCUT2D eigenvalue weighted by Crippen LogP contribution is 2.30. The number of carbonyl (C=O) groups excluding carboxylic acids is 2. The van der Waals surface area contributed by atoms with Gasteiger partial charge in [0.1, 0.15) is 5.92 Å². The number of primary amides is 1. The van der Waals surface area contributed by atoms with E-state index < -0.39 is 11.8 Å². The molecule has 2 amide bonds.